The summed E-state index contributed by atoms with van der Waals surface area (Å²) in [6.07, 6.45) is 0. The van der Waals surface area contributed by atoms with Crippen LogP contribution in [0.3, 0.4) is 0 Å². The summed E-state index contributed by atoms with van der Waals surface area (Å²) in [6.45, 7) is 5.24. The van der Waals surface area contributed by atoms with E-state index in [9.17, 15) is 4.79 Å². The Labute approximate surface area is 167 Å². The van der Waals surface area contributed by atoms with Crippen LogP contribution in [0.1, 0.15) is 43.5 Å². The highest BCUT2D eigenvalue weighted by Crippen LogP contribution is 2.29. The number of aryl methyl sites for hydroxylation is 1. The molecule has 8 heteroatoms. The van der Waals surface area contributed by atoms with Crippen molar-refractivity contribution in [1.82, 2.24) is 20.5 Å². The number of nitrogens with one attached hydrogen (secondary N) is 1. The largest absolute Gasteiger partial charge is 0.423 e. The number of amides is 1. The second-order valence-electron chi connectivity index (χ2n) is 6.24. The molecule has 0 aliphatic rings. The van der Waals surface area contributed by atoms with Crippen molar-refractivity contribution in [3.63, 3.8) is 0 Å². The number of nitrogens with zero attached hydrogens (tertiary/aromatic N) is 3. The summed E-state index contributed by atoms with van der Waals surface area (Å²) in [5, 5.41) is 11.6. The number of hydrogen-bond donors (Lipinski definition) is 1. The van der Waals surface area contributed by atoms with Gasteiger partial charge in [0.2, 0.25) is 11.8 Å². The fourth-order valence-corrected chi connectivity index (χ4v) is 2.86. The maximum absolute atomic E-state index is 12.6. The fourth-order valence-electron chi connectivity index (χ4n) is 2.36. The number of halogens is 2. The summed E-state index contributed by atoms with van der Waals surface area (Å²) in [6, 6.07) is 10.3. The lowest BCUT2D eigenvalue weighted by molar-refractivity contribution is 0.0893. The van der Waals surface area contributed by atoms with Gasteiger partial charge in [0.15, 0.2) is 0 Å². The Balaban J connectivity index is 0.00000261. The molecule has 0 fully saturated rings. The first-order valence-electron chi connectivity index (χ1n) is 7.82. The van der Waals surface area contributed by atoms with Gasteiger partial charge >= 0.3 is 0 Å². The van der Waals surface area contributed by atoms with Crippen LogP contribution in [-0.2, 0) is 5.54 Å². The van der Waals surface area contributed by atoms with Gasteiger partial charge in [-0.3, -0.25) is 4.79 Å². The molecular weight excluding hydrogens is 387 g/mol. The van der Waals surface area contributed by atoms with E-state index in [0.29, 0.717) is 33.1 Å². The highest BCUT2D eigenvalue weighted by atomic mass is 35.5. The van der Waals surface area contributed by atoms with Crippen LogP contribution < -0.4 is 5.32 Å². The molecule has 1 N–H and O–H groups in total. The van der Waals surface area contributed by atoms with Crippen molar-refractivity contribution in [3.05, 3.63) is 63.9 Å². The first kappa shape index (κ1) is 20.9. The van der Waals surface area contributed by atoms with Crippen molar-refractivity contribution in [1.29, 1.82) is 0 Å². The van der Waals surface area contributed by atoms with Crippen LogP contribution >= 0.6 is 23.2 Å². The van der Waals surface area contributed by atoms with Crippen LogP contribution in [-0.4, -0.2) is 21.1 Å². The van der Waals surface area contributed by atoms with Gasteiger partial charge in [-0.05, 0) is 44.2 Å². The minimum Gasteiger partial charge on any atom is -0.423 e. The molecule has 2 aromatic heterocycles. The smallest absolute Gasteiger partial charge is 0.270 e. The summed E-state index contributed by atoms with van der Waals surface area (Å²) in [5.74, 6) is 0.387. The van der Waals surface area contributed by atoms with Crippen molar-refractivity contribution < 1.29 is 9.21 Å². The Kier molecular flexibility index (Phi) is 6.23. The van der Waals surface area contributed by atoms with Crippen LogP contribution in [0.25, 0.3) is 11.3 Å². The summed E-state index contributed by atoms with van der Waals surface area (Å²) in [4.78, 5) is 17.1. The first-order valence-corrected chi connectivity index (χ1v) is 8.57. The van der Waals surface area contributed by atoms with E-state index in [-0.39, 0.29) is 19.0 Å². The number of carbonyl (C=O) groups is 1. The molecule has 0 spiro atoms. The predicted molar refractivity (Wildman–Crippen MR) is 106 cm³/mol. The van der Waals surface area contributed by atoms with Crippen molar-refractivity contribution >= 4 is 29.1 Å². The van der Waals surface area contributed by atoms with Crippen molar-refractivity contribution in [3.8, 4) is 11.3 Å². The van der Waals surface area contributed by atoms with Gasteiger partial charge in [0.05, 0.1) is 10.7 Å². The SMILES string of the molecule is C.Cc1nnc(C(C)(C)NC(=O)c2cccc(-c3ccc(Cl)cc3Cl)n2)o1. The lowest BCUT2D eigenvalue weighted by atomic mass is 10.1. The molecule has 0 aliphatic carbocycles. The van der Waals surface area contributed by atoms with Gasteiger partial charge in [-0.15, -0.1) is 10.2 Å². The number of benzene rings is 1. The van der Waals surface area contributed by atoms with Crippen LogP contribution in [0.2, 0.25) is 10.0 Å². The van der Waals surface area contributed by atoms with Gasteiger partial charge in [0, 0.05) is 17.5 Å². The zero-order valence-electron chi connectivity index (χ0n) is 14.4. The molecular formula is C19H20Cl2N4O2. The summed E-state index contributed by atoms with van der Waals surface area (Å²) in [7, 11) is 0. The van der Waals surface area contributed by atoms with Crippen molar-refractivity contribution in [2.75, 3.05) is 0 Å². The third-order valence-electron chi connectivity index (χ3n) is 3.68. The molecule has 27 heavy (non-hydrogen) atoms. The molecule has 6 nitrogen and oxygen atoms in total. The van der Waals surface area contributed by atoms with Crippen LogP contribution in [0.4, 0.5) is 0 Å². The Hall–Kier alpha value is -2.44. The normalized spacial score (nSPS) is 11.0. The second-order valence-corrected chi connectivity index (χ2v) is 7.08. The quantitative estimate of drug-likeness (QED) is 0.655. The van der Waals surface area contributed by atoms with E-state index in [1.807, 2.05) is 0 Å². The molecule has 0 unspecified atom stereocenters. The zero-order valence-corrected chi connectivity index (χ0v) is 15.9. The lowest BCUT2D eigenvalue weighted by Gasteiger charge is -2.21. The van der Waals surface area contributed by atoms with Crippen LogP contribution in [0.5, 0.6) is 0 Å². The van der Waals surface area contributed by atoms with Gasteiger partial charge < -0.3 is 9.73 Å². The van der Waals surface area contributed by atoms with E-state index in [1.165, 1.54) is 0 Å². The minimum atomic E-state index is -0.839. The molecule has 0 saturated heterocycles. The van der Waals surface area contributed by atoms with Crippen molar-refractivity contribution in [2.24, 2.45) is 0 Å². The van der Waals surface area contributed by atoms with E-state index >= 15 is 0 Å². The van der Waals surface area contributed by atoms with E-state index in [4.69, 9.17) is 27.6 Å². The highest BCUT2D eigenvalue weighted by Gasteiger charge is 2.29. The Morgan fingerprint density at radius 1 is 1.15 bits per heavy atom. The number of aromatic nitrogens is 3. The first-order chi connectivity index (χ1) is 12.3. The topological polar surface area (TPSA) is 80.9 Å². The van der Waals surface area contributed by atoms with E-state index in [0.717, 1.165) is 0 Å². The fraction of sp³-hybridized carbons (Fsp3) is 0.263. The van der Waals surface area contributed by atoms with Crippen LogP contribution in [0.15, 0.2) is 40.8 Å². The zero-order chi connectivity index (χ0) is 18.9. The lowest BCUT2D eigenvalue weighted by Crippen LogP contribution is -2.41. The van der Waals surface area contributed by atoms with E-state index < -0.39 is 5.54 Å². The Bertz CT molecular complexity index is 970. The number of carbonyl (C=O) groups excluding carboxylic acids is 1. The molecule has 0 aliphatic heterocycles. The predicted octanol–water partition coefficient (Wildman–Crippen LogP) is 5.05. The second kappa shape index (κ2) is 8.06. The molecule has 3 aromatic rings. The van der Waals surface area contributed by atoms with Gasteiger partial charge in [-0.25, -0.2) is 4.98 Å². The molecule has 0 saturated carbocycles. The maximum Gasteiger partial charge on any atom is 0.270 e. The number of pyridine rings is 1. The van der Waals surface area contributed by atoms with Gasteiger partial charge in [0.1, 0.15) is 11.2 Å². The molecule has 142 valence electrons. The minimum absolute atomic E-state index is 0. The monoisotopic (exact) mass is 406 g/mol. The van der Waals surface area contributed by atoms with Gasteiger partial charge in [-0.1, -0.05) is 36.7 Å². The molecule has 0 bridgehead atoms. The summed E-state index contributed by atoms with van der Waals surface area (Å²) >= 11 is 12.2. The average Bonchev–Trinajstić information content (AvgIpc) is 3.02. The molecule has 1 aromatic carbocycles. The summed E-state index contributed by atoms with van der Waals surface area (Å²) < 4.78 is 5.42. The van der Waals surface area contributed by atoms with Crippen LogP contribution in [0, 0.1) is 6.92 Å². The Morgan fingerprint density at radius 2 is 1.89 bits per heavy atom. The van der Waals surface area contributed by atoms with Gasteiger partial charge in [-0.2, -0.15) is 0 Å². The van der Waals surface area contributed by atoms with Gasteiger partial charge in [0.25, 0.3) is 5.91 Å². The van der Waals surface area contributed by atoms with Crippen molar-refractivity contribution in [2.45, 2.75) is 33.7 Å². The third-order valence-corrected chi connectivity index (χ3v) is 4.22. The molecule has 1 amide bonds. The highest BCUT2D eigenvalue weighted by molar-refractivity contribution is 6.36. The summed E-state index contributed by atoms with van der Waals surface area (Å²) in [5.41, 5.74) is 0.676. The maximum atomic E-state index is 12.6. The number of rotatable bonds is 4. The Morgan fingerprint density at radius 3 is 2.52 bits per heavy atom. The van der Waals surface area contributed by atoms with E-state index in [1.54, 1.807) is 57.2 Å². The molecule has 2 heterocycles. The third kappa shape index (κ3) is 4.64. The number of hydrogen-bond acceptors (Lipinski definition) is 5. The standard InChI is InChI=1S/C18H16Cl2N4O2.CH4/c1-10-23-24-17(26-10)18(2,3)22-16(25)15-6-4-5-14(21-15)12-8-7-11(19)9-13(12)20;/h4-9H,1-3H3,(H,22,25);1H4. The average molecular weight is 407 g/mol. The molecule has 0 atom stereocenters. The molecule has 0 radical (unpaired) electrons. The van der Waals surface area contributed by atoms with E-state index in [2.05, 4.69) is 20.5 Å². The molecule has 3 rings (SSSR count).